The summed E-state index contributed by atoms with van der Waals surface area (Å²) in [6.07, 6.45) is 0. The maximum Gasteiger partial charge on any atom is 0.234 e. The number of benzene rings is 2. The highest BCUT2D eigenvalue weighted by Gasteiger charge is 2.09. The van der Waals surface area contributed by atoms with Gasteiger partial charge in [-0.2, -0.15) is 0 Å². The highest BCUT2D eigenvalue weighted by atomic mass is 35.5. The van der Waals surface area contributed by atoms with E-state index in [0.717, 1.165) is 22.0 Å². The van der Waals surface area contributed by atoms with Crippen LogP contribution in [0.3, 0.4) is 0 Å². The topological polar surface area (TPSA) is 60.5 Å². The minimum atomic E-state index is -0.0863. The first-order valence-electron chi connectivity index (χ1n) is 8.39. The average molecular weight is 435 g/mol. The SMILES string of the molecule is COc1ccc(-c2nc(CSCC(=O)Nc3ccc(OC)c(Cl)c3)cs2)cc1. The van der Waals surface area contributed by atoms with Crippen LogP contribution in [0, 0.1) is 0 Å². The number of thioether (sulfide) groups is 1. The van der Waals surface area contributed by atoms with Crippen molar-refractivity contribution in [2.75, 3.05) is 25.3 Å². The van der Waals surface area contributed by atoms with E-state index in [1.807, 2.05) is 29.6 Å². The monoisotopic (exact) mass is 434 g/mol. The first kappa shape index (κ1) is 20.5. The Morgan fingerprint density at radius 3 is 2.64 bits per heavy atom. The molecule has 0 fully saturated rings. The Morgan fingerprint density at radius 2 is 1.96 bits per heavy atom. The molecule has 1 N–H and O–H groups in total. The molecule has 146 valence electrons. The number of anilines is 1. The second-order valence-electron chi connectivity index (χ2n) is 5.76. The molecule has 0 aliphatic rings. The molecule has 3 rings (SSSR count). The van der Waals surface area contributed by atoms with Gasteiger partial charge in [-0.3, -0.25) is 4.79 Å². The van der Waals surface area contributed by atoms with Crippen LogP contribution in [0.4, 0.5) is 5.69 Å². The lowest BCUT2D eigenvalue weighted by Crippen LogP contribution is -2.14. The van der Waals surface area contributed by atoms with Crippen LogP contribution >= 0.6 is 34.7 Å². The number of ether oxygens (including phenoxy) is 2. The van der Waals surface area contributed by atoms with Crippen molar-refractivity contribution in [3.8, 4) is 22.1 Å². The molecule has 5 nitrogen and oxygen atoms in total. The zero-order valence-electron chi connectivity index (χ0n) is 15.4. The third-order valence-electron chi connectivity index (χ3n) is 3.81. The Labute approximate surface area is 177 Å². The van der Waals surface area contributed by atoms with Gasteiger partial charge in [-0.25, -0.2) is 4.98 Å². The van der Waals surface area contributed by atoms with Crippen LogP contribution in [0.1, 0.15) is 5.69 Å². The molecule has 1 aromatic heterocycles. The number of carbonyl (C=O) groups is 1. The van der Waals surface area contributed by atoms with Crippen molar-refractivity contribution in [1.29, 1.82) is 0 Å². The van der Waals surface area contributed by atoms with Gasteiger partial charge in [0.1, 0.15) is 16.5 Å². The lowest BCUT2D eigenvalue weighted by atomic mass is 10.2. The predicted octanol–water partition coefficient (Wildman–Crippen LogP) is 5.35. The van der Waals surface area contributed by atoms with Gasteiger partial charge >= 0.3 is 0 Å². The zero-order chi connectivity index (χ0) is 19.9. The van der Waals surface area contributed by atoms with Crippen LogP contribution < -0.4 is 14.8 Å². The summed E-state index contributed by atoms with van der Waals surface area (Å²) in [5.74, 6) is 2.31. The lowest BCUT2D eigenvalue weighted by molar-refractivity contribution is -0.113. The van der Waals surface area contributed by atoms with Gasteiger partial charge < -0.3 is 14.8 Å². The van der Waals surface area contributed by atoms with Gasteiger partial charge in [0.15, 0.2) is 0 Å². The largest absolute Gasteiger partial charge is 0.497 e. The van der Waals surface area contributed by atoms with Gasteiger partial charge in [-0.1, -0.05) is 11.6 Å². The van der Waals surface area contributed by atoms with Gasteiger partial charge in [-0.15, -0.1) is 23.1 Å². The van der Waals surface area contributed by atoms with Crippen molar-refractivity contribution in [3.05, 3.63) is 58.6 Å². The molecular formula is C20H19ClN2O3S2. The van der Waals surface area contributed by atoms with Crippen molar-refractivity contribution in [2.24, 2.45) is 0 Å². The minimum Gasteiger partial charge on any atom is -0.497 e. The van der Waals surface area contributed by atoms with Crippen molar-refractivity contribution < 1.29 is 14.3 Å². The Hall–Kier alpha value is -2.22. The molecule has 0 saturated carbocycles. The van der Waals surface area contributed by atoms with Crippen LogP contribution in [0.15, 0.2) is 47.8 Å². The second kappa shape index (κ2) is 9.82. The van der Waals surface area contributed by atoms with Gasteiger partial charge in [0.25, 0.3) is 0 Å². The van der Waals surface area contributed by atoms with E-state index in [9.17, 15) is 4.79 Å². The van der Waals surface area contributed by atoms with E-state index >= 15 is 0 Å². The summed E-state index contributed by atoms with van der Waals surface area (Å²) in [4.78, 5) is 16.8. The number of hydrogen-bond acceptors (Lipinski definition) is 6. The molecule has 1 amide bonds. The number of hydrogen-bond donors (Lipinski definition) is 1. The number of rotatable bonds is 8. The fraction of sp³-hybridized carbons (Fsp3) is 0.200. The number of nitrogens with one attached hydrogen (secondary N) is 1. The molecule has 2 aromatic carbocycles. The van der Waals surface area contributed by atoms with Gasteiger partial charge in [0.05, 0.1) is 30.7 Å². The van der Waals surface area contributed by atoms with E-state index in [2.05, 4.69) is 10.3 Å². The molecule has 0 aliphatic carbocycles. The van der Waals surface area contributed by atoms with E-state index in [1.54, 1.807) is 43.8 Å². The molecule has 0 unspecified atom stereocenters. The molecule has 0 spiro atoms. The zero-order valence-corrected chi connectivity index (χ0v) is 17.8. The van der Waals surface area contributed by atoms with Crippen molar-refractivity contribution in [1.82, 2.24) is 4.98 Å². The number of carbonyl (C=O) groups excluding carboxylic acids is 1. The van der Waals surface area contributed by atoms with E-state index < -0.39 is 0 Å². The average Bonchev–Trinajstić information content (AvgIpc) is 3.17. The maximum absolute atomic E-state index is 12.1. The first-order valence-corrected chi connectivity index (χ1v) is 10.8. The Balaban J connectivity index is 1.49. The maximum atomic E-state index is 12.1. The van der Waals surface area contributed by atoms with Gasteiger partial charge in [-0.05, 0) is 42.5 Å². The van der Waals surface area contributed by atoms with Crippen LogP contribution in [0.2, 0.25) is 5.02 Å². The highest BCUT2D eigenvalue weighted by Crippen LogP contribution is 2.28. The fourth-order valence-corrected chi connectivity index (χ4v) is 4.33. The van der Waals surface area contributed by atoms with Gasteiger partial charge in [0, 0.05) is 22.4 Å². The summed E-state index contributed by atoms with van der Waals surface area (Å²) in [6.45, 7) is 0. The summed E-state index contributed by atoms with van der Waals surface area (Å²) >= 11 is 9.18. The fourth-order valence-electron chi connectivity index (χ4n) is 2.43. The van der Waals surface area contributed by atoms with Crippen LogP contribution in [0.25, 0.3) is 10.6 Å². The summed E-state index contributed by atoms with van der Waals surface area (Å²) in [5.41, 5.74) is 2.66. The molecule has 0 aliphatic heterocycles. The first-order chi connectivity index (χ1) is 13.6. The van der Waals surface area contributed by atoms with E-state index in [0.29, 0.717) is 28.0 Å². The molecule has 0 atom stereocenters. The molecule has 1 heterocycles. The molecule has 0 bridgehead atoms. The summed E-state index contributed by atoms with van der Waals surface area (Å²) < 4.78 is 10.3. The quantitative estimate of drug-likeness (QED) is 0.517. The van der Waals surface area contributed by atoms with Crippen LogP contribution in [-0.2, 0) is 10.5 Å². The van der Waals surface area contributed by atoms with Crippen LogP contribution in [-0.4, -0.2) is 30.9 Å². The summed E-state index contributed by atoms with van der Waals surface area (Å²) in [7, 11) is 3.20. The Bertz CT molecular complexity index is 945. The number of amides is 1. The van der Waals surface area contributed by atoms with E-state index in [1.165, 1.54) is 11.8 Å². The third kappa shape index (κ3) is 5.41. The molecular weight excluding hydrogens is 416 g/mol. The molecule has 28 heavy (non-hydrogen) atoms. The lowest BCUT2D eigenvalue weighted by Gasteiger charge is -2.07. The number of halogens is 1. The van der Waals surface area contributed by atoms with Crippen molar-refractivity contribution in [2.45, 2.75) is 5.75 Å². The summed E-state index contributed by atoms with van der Waals surface area (Å²) in [6, 6.07) is 13.0. The molecule has 0 saturated heterocycles. The van der Waals surface area contributed by atoms with Crippen LogP contribution in [0.5, 0.6) is 11.5 Å². The minimum absolute atomic E-state index is 0.0863. The third-order valence-corrected chi connectivity index (χ3v) is 6.01. The Morgan fingerprint density at radius 1 is 1.18 bits per heavy atom. The van der Waals surface area contributed by atoms with E-state index in [4.69, 9.17) is 21.1 Å². The smallest absolute Gasteiger partial charge is 0.234 e. The number of thiazole rings is 1. The number of aromatic nitrogens is 1. The van der Waals surface area contributed by atoms with Gasteiger partial charge in [0.2, 0.25) is 5.91 Å². The highest BCUT2D eigenvalue weighted by molar-refractivity contribution is 7.99. The van der Waals surface area contributed by atoms with E-state index in [-0.39, 0.29) is 5.91 Å². The van der Waals surface area contributed by atoms with Crippen molar-refractivity contribution >= 4 is 46.3 Å². The molecule has 0 radical (unpaired) electrons. The second-order valence-corrected chi connectivity index (χ2v) is 8.01. The predicted molar refractivity (Wildman–Crippen MR) is 117 cm³/mol. The summed E-state index contributed by atoms with van der Waals surface area (Å²) in [5, 5.41) is 6.27. The number of methoxy groups -OCH3 is 2. The van der Waals surface area contributed by atoms with Crippen molar-refractivity contribution in [3.63, 3.8) is 0 Å². The normalized spacial score (nSPS) is 10.5. The Kier molecular flexibility index (Phi) is 7.19. The molecule has 8 heteroatoms. The molecule has 3 aromatic rings. The standard InChI is InChI=1S/C20H19ClN2O3S2/c1-25-16-6-3-13(4-7-16)20-23-15(11-28-20)10-27-12-19(24)22-14-5-8-18(26-2)17(21)9-14/h3-9,11H,10,12H2,1-2H3,(H,22,24). The number of nitrogens with zero attached hydrogens (tertiary/aromatic N) is 1.